The maximum absolute atomic E-state index is 2.27. The van der Waals surface area contributed by atoms with E-state index in [0.29, 0.717) is 12.1 Å². The molecule has 0 amide bonds. The molecule has 28 heavy (non-hydrogen) atoms. The van der Waals surface area contributed by atoms with Crippen LogP contribution in [0.5, 0.6) is 0 Å². The van der Waals surface area contributed by atoms with E-state index >= 15 is 0 Å². The van der Waals surface area contributed by atoms with Crippen molar-refractivity contribution in [2.24, 2.45) is 0 Å². The summed E-state index contributed by atoms with van der Waals surface area (Å²) in [6.45, 7) is 10.6. The standard InChI is InChI=1S/C24H30N4/c1-19(2)27-13-11-25(17-27)15-22-9-5-7-21-8-6-10-23(24(21)22)16-26-12-14-28(18-26)20(3)4/h5-14,17-20H,15-16H2,1-4H3/q+2. The first-order valence-electron chi connectivity index (χ1n) is 10.1. The van der Waals surface area contributed by atoms with Crippen LogP contribution in [-0.2, 0) is 13.1 Å². The summed E-state index contributed by atoms with van der Waals surface area (Å²) in [4.78, 5) is 0. The second-order valence-electron chi connectivity index (χ2n) is 8.19. The van der Waals surface area contributed by atoms with E-state index in [-0.39, 0.29) is 0 Å². The van der Waals surface area contributed by atoms with Crippen LogP contribution in [0.1, 0.15) is 50.9 Å². The molecule has 0 fully saturated rings. The molecule has 0 spiro atoms. The average Bonchev–Trinajstić information content (AvgIpc) is 3.32. The molecule has 4 nitrogen and oxygen atoms in total. The van der Waals surface area contributed by atoms with Crippen molar-refractivity contribution in [2.75, 3.05) is 0 Å². The molecule has 4 aromatic rings. The molecule has 0 bridgehead atoms. The van der Waals surface area contributed by atoms with Crippen LogP contribution in [0.4, 0.5) is 0 Å². The molecule has 0 atom stereocenters. The molecule has 0 aliphatic rings. The van der Waals surface area contributed by atoms with Gasteiger partial charge in [-0.25, -0.2) is 18.3 Å². The predicted octanol–water partition coefficient (Wildman–Crippen LogP) is 4.28. The Bertz CT molecular complexity index is 1000. The van der Waals surface area contributed by atoms with Crippen LogP contribution < -0.4 is 9.13 Å². The molecule has 0 aliphatic carbocycles. The van der Waals surface area contributed by atoms with E-state index in [0.717, 1.165) is 13.1 Å². The number of nitrogens with zero attached hydrogens (tertiary/aromatic N) is 4. The fourth-order valence-electron chi connectivity index (χ4n) is 3.78. The minimum absolute atomic E-state index is 0.478. The minimum atomic E-state index is 0.478. The molecule has 0 saturated heterocycles. The zero-order valence-corrected chi connectivity index (χ0v) is 17.3. The van der Waals surface area contributed by atoms with Crippen LogP contribution in [0.15, 0.2) is 73.8 Å². The van der Waals surface area contributed by atoms with Crippen LogP contribution in [0.3, 0.4) is 0 Å². The Kier molecular flexibility index (Phi) is 5.03. The molecule has 144 valence electrons. The van der Waals surface area contributed by atoms with Gasteiger partial charge in [-0.1, -0.05) is 36.4 Å². The monoisotopic (exact) mass is 374 g/mol. The first-order valence-corrected chi connectivity index (χ1v) is 10.1. The highest BCUT2D eigenvalue weighted by atomic mass is 15.1. The van der Waals surface area contributed by atoms with E-state index in [1.165, 1.54) is 21.9 Å². The van der Waals surface area contributed by atoms with Gasteiger partial charge in [0.05, 0.1) is 12.1 Å². The maximum Gasteiger partial charge on any atom is 0.244 e. The zero-order valence-electron chi connectivity index (χ0n) is 17.3. The molecular weight excluding hydrogens is 344 g/mol. The first kappa shape index (κ1) is 18.5. The van der Waals surface area contributed by atoms with E-state index in [9.17, 15) is 0 Å². The van der Waals surface area contributed by atoms with Crippen molar-refractivity contribution in [3.05, 3.63) is 85.0 Å². The lowest BCUT2D eigenvalue weighted by Crippen LogP contribution is -2.33. The second-order valence-corrected chi connectivity index (χ2v) is 8.19. The van der Waals surface area contributed by atoms with Crippen molar-refractivity contribution < 1.29 is 9.13 Å². The predicted molar refractivity (Wildman–Crippen MR) is 112 cm³/mol. The molecule has 0 aliphatic heterocycles. The number of hydrogen-bond donors (Lipinski definition) is 0. The van der Waals surface area contributed by atoms with Crippen LogP contribution >= 0.6 is 0 Å². The third-order valence-electron chi connectivity index (χ3n) is 5.40. The number of aromatic nitrogens is 4. The van der Waals surface area contributed by atoms with Crippen LogP contribution in [0.2, 0.25) is 0 Å². The zero-order chi connectivity index (χ0) is 19.7. The van der Waals surface area contributed by atoms with Crippen molar-refractivity contribution in [1.82, 2.24) is 9.13 Å². The SMILES string of the molecule is CC(C)n1cc[n+](Cc2cccc3cccc(C[n+]4ccn(C(C)C)c4)c23)c1. The van der Waals surface area contributed by atoms with Crippen molar-refractivity contribution in [3.8, 4) is 0 Å². The Morgan fingerprint density at radius 1 is 0.714 bits per heavy atom. The lowest BCUT2D eigenvalue weighted by molar-refractivity contribution is -0.688. The van der Waals surface area contributed by atoms with E-state index in [1.807, 2.05) is 0 Å². The highest BCUT2D eigenvalue weighted by molar-refractivity contribution is 5.88. The minimum Gasteiger partial charge on any atom is -0.235 e. The topological polar surface area (TPSA) is 17.6 Å². The Morgan fingerprint density at radius 3 is 1.57 bits per heavy atom. The Hall–Kier alpha value is -2.88. The van der Waals surface area contributed by atoms with Gasteiger partial charge in [-0.2, -0.15) is 0 Å². The summed E-state index contributed by atoms with van der Waals surface area (Å²) >= 11 is 0. The smallest absolute Gasteiger partial charge is 0.235 e. The average molecular weight is 375 g/mol. The van der Waals surface area contributed by atoms with E-state index < -0.39 is 0 Å². The summed E-state index contributed by atoms with van der Waals surface area (Å²) in [5.74, 6) is 0. The van der Waals surface area contributed by atoms with Crippen molar-refractivity contribution in [3.63, 3.8) is 0 Å². The van der Waals surface area contributed by atoms with Crippen molar-refractivity contribution in [2.45, 2.75) is 52.9 Å². The lowest BCUT2D eigenvalue weighted by atomic mass is 9.99. The molecule has 4 rings (SSSR count). The van der Waals surface area contributed by atoms with Crippen LogP contribution in [0, 0.1) is 0 Å². The largest absolute Gasteiger partial charge is 0.244 e. The van der Waals surface area contributed by atoms with Gasteiger partial charge in [0.2, 0.25) is 12.7 Å². The van der Waals surface area contributed by atoms with E-state index in [1.54, 1.807) is 0 Å². The van der Waals surface area contributed by atoms with E-state index in [4.69, 9.17) is 0 Å². The molecule has 2 aromatic carbocycles. The molecule has 0 N–H and O–H groups in total. The summed E-state index contributed by atoms with van der Waals surface area (Å²) in [6, 6.07) is 14.3. The first-order chi connectivity index (χ1) is 13.5. The normalized spacial score (nSPS) is 11.8. The summed E-state index contributed by atoms with van der Waals surface area (Å²) < 4.78 is 9.04. The summed E-state index contributed by atoms with van der Waals surface area (Å²) in [7, 11) is 0. The molecule has 2 aromatic heterocycles. The fourth-order valence-corrected chi connectivity index (χ4v) is 3.78. The highest BCUT2D eigenvalue weighted by Crippen LogP contribution is 2.23. The highest BCUT2D eigenvalue weighted by Gasteiger charge is 2.14. The van der Waals surface area contributed by atoms with Gasteiger partial charge in [0.1, 0.15) is 37.9 Å². The molecule has 0 radical (unpaired) electrons. The number of rotatable bonds is 6. The molecule has 4 heteroatoms. The Balaban J connectivity index is 1.70. The van der Waals surface area contributed by atoms with Gasteiger partial charge in [-0.3, -0.25) is 0 Å². The number of benzene rings is 2. The maximum atomic E-state index is 2.27. The molecular formula is C24H30N4+2. The van der Waals surface area contributed by atoms with Crippen LogP contribution in [-0.4, -0.2) is 9.13 Å². The molecule has 0 saturated carbocycles. The fraction of sp³-hybridized carbons (Fsp3) is 0.333. The van der Waals surface area contributed by atoms with Gasteiger partial charge in [-0.05, 0) is 38.5 Å². The van der Waals surface area contributed by atoms with Gasteiger partial charge in [0, 0.05) is 11.1 Å². The quantitative estimate of drug-likeness (QED) is 0.449. The van der Waals surface area contributed by atoms with E-state index in [2.05, 4.69) is 120 Å². The third kappa shape index (κ3) is 3.72. The summed E-state index contributed by atoms with van der Waals surface area (Å²) in [5, 5.41) is 2.68. The van der Waals surface area contributed by atoms with Crippen molar-refractivity contribution in [1.29, 1.82) is 0 Å². The second kappa shape index (κ2) is 7.63. The van der Waals surface area contributed by atoms with Gasteiger partial charge >= 0.3 is 0 Å². The van der Waals surface area contributed by atoms with Crippen molar-refractivity contribution >= 4 is 10.8 Å². The van der Waals surface area contributed by atoms with Gasteiger partial charge in [-0.15, -0.1) is 0 Å². The van der Waals surface area contributed by atoms with Gasteiger partial charge in [0.25, 0.3) is 0 Å². The lowest BCUT2D eigenvalue weighted by Gasteiger charge is -2.10. The molecule has 2 heterocycles. The van der Waals surface area contributed by atoms with Gasteiger partial charge < -0.3 is 0 Å². The Labute approximate surface area is 167 Å². The third-order valence-corrected chi connectivity index (χ3v) is 5.40. The Morgan fingerprint density at radius 2 is 1.18 bits per heavy atom. The number of imidazole rings is 2. The number of fused-ring (bicyclic) bond motifs is 1. The number of hydrogen-bond acceptors (Lipinski definition) is 0. The van der Waals surface area contributed by atoms with Crippen LogP contribution in [0.25, 0.3) is 10.8 Å². The summed E-state index contributed by atoms with van der Waals surface area (Å²) in [6.07, 6.45) is 13.0. The molecule has 0 unspecified atom stereocenters. The summed E-state index contributed by atoms with van der Waals surface area (Å²) in [5.41, 5.74) is 2.73. The van der Waals surface area contributed by atoms with Gasteiger partial charge in [0.15, 0.2) is 0 Å².